The fraction of sp³-hybridized carbons (Fsp3) is 0.538. The molecule has 1 atom stereocenters. The summed E-state index contributed by atoms with van der Waals surface area (Å²) in [6.45, 7) is 2.78. The van der Waals surface area contributed by atoms with Crippen LogP contribution in [0.15, 0.2) is 18.2 Å². The molecular formula is C13H17NO. The lowest BCUT2D eigenvalue weighted by Crippen LogP contribution is -2.33. The third kappa shape index (κ3) is 1.80. The molecule has 0 radical (unpaired) electrons. The van der Waals surface area contributed by atoms with Gasteiger partial charge in [0.1, 0.15) is 0 Å². The van der Waals surface area contributed by atoms with Gasteiger partial charge in [-0.25, -0.2) is 0 Å². The molecule has 1 fully saturated rings. The number of rotatable bonds is 1. The monoisotopic (exact) mass is 203 g/mol. The van der Waals surface area contributed by atoms with E-state index in [1.165, 1.54) is 24.8 Å². The van der Waals surface area contributed by atoms with E-state index in [1.54, 1.807) is 11.1 Å². The Bertz CT molecular complexity index is 356. The summed E-state index contributed by atoms with van der Waals surface area (Å²) in [5, 5.41) is 3.38. The van der Waals surface area contributed by atoms with Gasteiger partial charge in [-0.15, -0.1) is 0 Å². The zero-order valence-electron chi connectivity index (χ0n) is 8.96. The minimum atomic E-state index is 0.268. The van der Waals surface area contributed by atoms with Gasteiger partial charge in [-0.05, 0) is 36.0 Å². The maximum Gasteiger partial charge on any atom is 0.0949 e. The minimum absolute atomic E-state index is 0.268. The van der Waals surface area contributed by atoms with Crippen molar-refractivity contribution in [2.24, 2.45) is 0 Å². The molecule has 1 saturated heterocycles. The van der Waals surface area contributed by atoms with Gasteiger partial charge in [-0.3, -0.25) is 0 Å². The molecule has 0 spiro atoms. The summed E-state index contributed by atoms with van der Waals surface area (Å²) in [7, 11) is 0. The van der Waals surface area contributed by atoms with Crippen LogP contribution in [-0.2, 0) is 17.6 Å². The Morgan fingerprint density at radius 2 is 2.13 bits per heavy atom. The maximum absolute atomic E-state index is 5.76. The average molecular weight is 203 g/mol. The molecule has 0 amide bonds. The zero-order valence-corrected chi connectivity index (χ0v) is 8.96. The Balaban J connectivity index is 1.85. The Labute approximate surface area is 90.6 Å². The molecule has 0 bridgehead atoms. The van der Waals surface area contributed by atoms with E-state index in [4.69, 9.17) is 4.74 Å². The van der Waals surface area contributed by atoms with E-state index in [2.05, 4.69) is 23.5 Å². The summed E-state index contributed by atoms with van der Waals surface area (Å²) in [4.78, 5) is 0. The lowest BCUT2D eigenvalue weighted by molar-refractivity contribution is 0.0276. The molecule has 1 aliphatic carbocycles. The number of benzene rings is 1. The first-order valence-corrected chi connectivity index (χ1v) is 5.87. The molecule has 0 saturated carbocycles. The molecule has 0 aromatic heterocycles. The minimum Gasteiger partial charge on any atom is -0.371 e. The van der Waals surface area contributed by atoms with Crippen molar-refractivity contribution >= 4 is 0 Å². The molecule has 2 heteroatoms. The Kier molecular flexibility index (Phi) is 2.47. The van der Waals surface area contributed by atoms with Crippen molar-refractivity contribution in [3.05, 3.63) is 34.9 Å². The van der Waals surface area contributed by atoms with Crippen molar-refractivity contribution in [2.45, 2.75) is 25.4 Å². The van der Waals surface area contributed by atoms with Crippen LogP contribution in [0.2, 0.25) is 0 Å². The first-order valence-electron chi connectivity index (χ1n) is 5.87. The number of nitrogens with one attached hydrogen (secondary N) is 1. The summed E-state index contributed by atoms with van der Waals surface area (Å²) in [6.07, 6.45) is 4.11. The molecule has 15 heavy (non-hydrogen) atoms. The molecule has 1 unspecified atom stereocenters. The Morgan fingerprint density at radius 1 is 1.20 bits per heavy atom. The second-order valence-electron chi connectivity index (χ2n) is 4.45. The smallest absolute Gasteiger partial charge is 0.0949 e. The van der Waals surface area contributed by atoms with Crippen molar-refractivity contribution in [1.29, 1.82) is 0 Å². The summed E-state index contributed by atoms with van der Waals surface area (Å²) >= 11 is 0. The number of morpholine rings is 1. The number of hydrogen-bond acceptors (Lipinski definition) is 2. The van der Waals surface area contributed by atoms with Gasteiger partial charge < -0.3 is 10.1 Å². The van der Waals surface area contributed by atoms with Crippen molar-refractivity contribution in [3.8, 4) is 0 Å². The fourth-order valence-electron chi connectivity index (χ4n) is 2.57. The first-order chi connectivity index (χ1) is 7.43. The summed E-state index contributed by atoms with van der Waals surface area (Å²) < 4.78 is 5.76. The Morgan fingerprint density at radius 3 is 3.00 bits per heavy atom. The average Bonchev–Trinajstić information content (AvgIpc) is 2.77. The van der Waals surface area contributed by atoms with Crippen molar-refractivity contribution in [2.75, 3.05) is 19.7 Å². The van der Waals surface area contributed by atoms with E-state index < -0.39 is 0 Å². The topological polar surface area (TPSA) is 21.3 Å². The van der Waals surface area contributed by atoms with Gasteiger partial charge in [0.15, 0.2) is 0 Å². The molecule has 1 aromatic rings. The van der Waals surface area contributed by atoms with E-state index in [0.717, 1.165) is 19.7 Å². The largest absolute Gasteiger partial charge is 0.371 e. The van der Waals surface area contributed by atoms with E-state index in [9.17, 15) is 0 Å². The molecule has 2 nitrogen and oxygen atoms in total. The quantitative estimate of drug-likeness (QED) is 0.752. The van der Waals surface area contributed by atoms with Crippen LogP contribution in [0.4, 0.5) is 0 Å². The number of hydrogen-bond donors (Lipinski definition) is 1. The van der Waals surface area contributed by atoms with Crippen LogP contribution in [0, 0.1) is 0 Å². The van der Waals surface area contributed by atoms with E-state index in [1.807, 2.05) is 0 Å². The molecule has 80 valence electrons. The van der Waals surface area contributed by atoms with E-state index >= 15 is 0 Å². The number of ether oxygens (including phenoxy) is 1. The van der Waals surface area contributed by atoms with Crippen LogP contribution in [0.1, 0.15) is 29.2 Å². The third-order valence-electron chi connectivity index (χ3n) is 3.42. The van der Waals surface area contributed by atoms with E-state index in [-0.39, 0.29) is 6.10 Å². The van der Waals surface area contributed by atoms with Gasteiger partial charge >= 0.3 is 0 Å². The van der Waals surface area contributed by atoms with Gasteiger partial charge in [-0.1, -0.05) is 18.2 Å². The fourth-order valence-corrected chi connectivity index (χ4v) is 2.57. The molecule has 1 aromatic carbocycles. The SMILES string of the molecule is c1cc2c(cc1C1CNCCO1)CCC2. The first kappa shape index (κ1) is 9.37. The molecule has 1 N–H and O–H groups in total. The van der Waals surface area contributed by atoms with Gasteiger partial charge in [0.05, 0.1) is 12.7 Å². The highest BCUT2D eigenvalue weighted by Gasteiger charge is 2.18. The van der Waals surface area contributed by atoms with Crippen molar-refractivity contribution in [3.63, 3.8) is 0 Å². The van der Waals surface area contributed by atoms with Gasteiger partial charge in [0.25, 0.3) is 0 Å². The van der Waals surface area contributed by atoms with Crippen LogP contribution in [0.25, 0.3) is 0 Å². The molecule has 3 rings (SSSR count). The van der Waals surface area contributed by atoms with Gasteiger partial charge in [0, 0.05) is 13.1 Å². The predicted octanol–water partition coefficient (Wildman–Crippen LogP) is 1.84. The lowest BCUT2D eigenvalue weighted by atomic mass is 10.0. The lowest BCUT2D eigenvalue weighted by Gasteiger charge is -2.24. The van der Waals surface area contributed by atoms with Crippen LogP contribution >= 0.6 is 0 Å². The molecular weight excluding hydrogens is 186 g/mol. The highest BCUT2D eigenvalue weighted by atomic mass is 16.5. The highest BCUT2D eigenvalue weighted by Crippen LogP contribution is 2.27. The third-order valence-corrected chi connectivity index (χ3v) is 3.42. The highest BCUT2D eigenvalue weighted by molar-refractivity contribution is 5.36. The van der Waals surface area contributed by atoms with Gasteiger partial charge in [0.2, 0.25) is 0 Å². The molecule has 2 aliphatic rings. The molecule has 1 heterocycles. The van der Waals surface area contributed by atoms with Crippen LogP contribution in [0.3, 0.4) is 0 Å². The normalized spacial score (nSPS) is 25.2. The molecule has 1 aliphatic heterocycles. The van der Waals surface area contributed by atoms with Gasteiger partial charge in [-0.2, -0.15) is 0 Å². The summed E-state index contributed by atoms with van der Waals surface area (Å²) in [5.74, 6) is 0. The standard InChI is InChI=1S/C13H17NO/c1-2-10-4-5-12(8-11(10)3-1)13-9-14-6-7-15-13/h4-5,8,13-14H,1-3,6-7,9H2. The number of aryl methyl sites for hydroxylation is 2. The maximum atomic E-state index is 5.76. The van der Waals surface area contributed by atoms with Crippen LogP contribution in [0.5, 0.6) is 0 Å². The van der Waals surface area contributed by atoms with E-state index in [0.29, 0.717) is 0 Å². The summed E-state index contributed by atoms with van der Waals surface area (Å²) in [5.41, 5.74) is 4.44. The second kappa shape index (κ2) is 3.95. The number of fused-ring (bicyclic) bond motifs is 1. The Hall–Kier alpha value is -0.860. The van der Waals surface area contributed by atoms with Crippen LogP contribution < -0.4 is 5.32 Å². The predicted molar refractivity (Wildman–Crippen MR) is 60.0 cm³/mol. The van der Waals surface area contributed by atoms with Crippen molar-refractivity contribution < 1.29 is 4.74 Å². The van der Waals surface area contributed by atoms with Crippen LogP contribution in [-0.4, -0.2) is 19.7 Å². The van der Waals surface area contributed by atoms with Crippen molar-refractivity contribution in [1.82, 2.24) is 5.32 Å². The zero-order chi connectivity index (χ0) is 10.1. The second-order valence-corrected chi connectivity index (χ2v) is 4.45. The summed E-state index contributed by atoms with van der Waals surface area (Å²) in [6, 6.07) is 6.87.